The fraction of sp³-hybridized carbons (Fsp3) is 0.435. The maximum atomic E-state index is 13.5. The third-order valence-electron chi connectivity index (χ3n) is 5.23. The number of likely N-dealkylation sites (tertiary alicyclic amines) is 1. The molecule has 2 aromatic carbocycles. The number of ether oxygens (including phenoxy) is 1. The predicted molar refractivity (Wildman–Crippen MR) is 120 cm³/mol. The molecule has 0 unspecified atom stereocenters. The zero-order valence-electron chi connectivity index (χ0n) is 17.6. The van der Waals surface area contributed by atoms with Gasteiger partial charge in [0.05, 0.1) is 5.69 Å². The smallest absolute Gasteiger partial charge is 0.221 e. The molecular weight excluding hydrogens is 421 g/mol. The highest BCUT2D eigenvalue weighted by Gasteiger charge is 2.20. The molecule has 2 aromatic rings. The first-order valence-corrected chi connectivity index (χ1v) is 10.8. The lowest BCUT2D eigenvalue weighted by Crippen LogP contribution is -2.45. The first kappa shape index (κ1) is 23.5. The van der Waals surface area contributed by atoms with Gasteiger partial charge in [-0.15, -0.1) is 0 Å². The van der Waals surface area contributed by atoms with Gasteiger partial charge in [0.15, 0.2) is 0 Å². The largest absolute Gasteiger partial charge is 0.489 e. The van der Waals surface area contributed by atoms with Gasteiger partial charge < -0.3 is 20.5 Å². The third kappa shape index (κ3) is 7.78. The van der Waals surface area contributed by atoms with Crippen molar-refractivity contribution in [2.75, 3.05) is 31.6 Å². The van der Waals surface area contributed by atoms with Gasteiger partial charge in [0.1, 0.15) is 24.3 Å². The quantitative estimate of drug-likeness (QED) is 0.547. The molecule has 0 radical (unpaired) electrons. The van der Waals surface area contributed by atoms with E-state index in [0.717, 1.165) is 37.5 Å². The molecule has 0 bridgehead atoms. The van der Waals surface area contributed by atoms with E-state index >= 15 is 0 Å². The molecule has 1 amide bonds. The summed E-state index contributed by atoms with van der Waals surface area (Å²) in [6.45, 7) is 4.62. The first-order chi connectivity index (χ1) is 14.9. The van der Waals surface area contributed by atoms with Crippen molar-refractivity contribution in [2.24, 2.45) is 0 Å². The van der Waals surface area contributed by atoms with E-state index in [1.54, 1.807) is 0 Å². The van der Waals surface area contributed by atoms with Gasteiger partial charge >= 0.3 is 0 Å². The number of halogens is 2. The Morgan fingerprint density at radius 3 is 2.65 bits per heavy atom. The summed E-state index contributed by atoms with van der Waals surface area (Å²) in [5.41, 5.74) is 1.63. The summed E-state index contributed by atoms with van der Waals surface area (Å²) in [5.74, 6) is -0.548. The summed E-state index contributed by atoms with van der Waals surface area (Å²) in [4.78, 5) is 13.7. The van der Waals surface area contributed by atoms with Crippen LogP contribution >= 0.6 is 11.6 Å². The number of piperidine rings is 1. The summed E-state index contributed by atoms with van der Waals surface area (Å²) < 4.78 is 19.1. The molecule has 1 atom stereocenters. The van der Waals surface area contributed by atoms with E-state index in [1.165, 1.54) is 30.7 Å². The van der Waals surface area contributed by atoms with Gasteiger partial charge in [0.25, 0.3) is 0 Å². The van der Waals surface area contributed by atoms with Gasteiger partial charge in [0.2, 0.25) is 5.91 Å². The Hall–Kier alpha value is -2.19. The Balaban J connectivity index is 1.38. The number of hydrogen-bond donors (Lipinski definition) is 3. The Labute approximate surface area is 187 Å². The zero-order valence-corrected chi connectivity index (χ0v) is 18.4. The molecule has 1 saturated heterocycles. The van der Waals surface area contributed by atoms with Crippen molar-refractivity contribution in [1.29, 1.82) is 0 Å². The average Bonchev–Trinajstić information content (AvgIpc) is 2.74. The molecule has 1 heterocycles. The van der Waals surface area contributed by atoms with E-state index in [4.69, 9.17) is 16.3 Å². The molecule has 3 N–H and O–H groups in total. The van der Waals surface area contributed by atoms with Crippen LogP contribution in [0.2, 0.25) is 5.02 Å². The molecule has 0 aromatic heterocycles. The maximum absolute atomic E-state index is 13.5. The fourth-order valence-corrected chi connectivity index (χ4v) is 3.73. The van der Waals surface area contributed by atoms with Crippen LogP contribution in [0.15, 0.2) is 42.5 Å². The van der Waals surface area contributed by atoms with Crippen LogP contribution in [0, 0.1) is 5.82 Å². The summed E-state index contributed by atoms with van der Waals surface area (Å²) in [6.07, 6.45) is 1.25. The normalized spacial score (nSPS) is 16.1. The van der Waals surface area contributed by atoms with Crippen LogP contribution < -0.4 is 15.4 Å². The predicted octanol–water partition coefficient (Wildman–Crippen LogP) is 3.43. The number of carbonyl (C=O) groups excluding carboxylic acids is 1. The molecule has 31 heavy (non-hydrogen) atoms. The van der Waals surface area contributed by atoms with E-state index < -0.39 is 11.9 Å². The standard InChI is InChI=1S/C23H29ClFN3O3/c1-16(29)27-22-7-6-19(25)12-23(22)31-15-21(30)13-26-20-8-10-28(11-9-20)14-17-2-4-18(24)5-3-17/h2-7,12,20-21,26,30H,8-11,13-15H2,1H3,(H,27,29)/t21-/m0/s1. The molecular formula is C23H29ClFN3O3. The monoisotopic (exact) mass is 449 g/mol. The van der Waals surface area contributed by atoms with E-state index in [9.17, 15) is 14.3 Å². The maximum Gasteiger partial charge on any atom is 0.221 e. The lowest BCUT2D eigenvalue weighted by Gasteiger charge is -2.33. The number of amides is 1. The van der Waals surface area contributed by atoms with E-state index in [1.807, 2.05) is 12.1 Å². The topological polar surface area (TPSA) is 73.8 Å². The second-order valence-electron chi connectivity index (χ2n) is 7.87. The number of nitrogens with zero attached hydrogens (tertiary/aromatic N) is 1. The van der Waals surface area contributed by atoms with Crippen molar-refractivity contribution in [2.45, 2.75) is 38.5 Å². The van der Waals surface area contributed by atoms with E-state index in [2.05, 4.69) is 27.7 Å². The van der Waals surface area contributed by atoms with E-state index in [0.29, 0.717) is 18.3 Å². The Bertz CT molecular complexity index is 858. The Morgan fingerprint density at radius 2 is 1.97 bits per heavy atom. The summed E-state index contributed by atoms with van der Waals surface area (Å²) in [6, 6.07) is 12.2. The minimum Gasteiger partial charge on any atom is -0.489 e. The van der Waals surface area contributed by atoms with Crippen molar-refractivity contribution in [3.8, 4) is 5.75 Å². The highest BCUT2D eigenvalue weighted by atomic mass is 35.5. The van der Waals surface area contributed by atoms with Crippen LogP contribution in [0.1, 0.15) is 25.3 Å². The molecule has 168 valence electrons. The number of hydrogen-bond acceptors (Lipinski definition) is 5. The van der Waals surface area contributed by atoms with Crippen LogP contribution in [0.4, 0.5) is 10.1 Å². The second-order valence-corrected chi connectivity index (χ2v) is 8.31. The van der Waals surface area contributed by atoms with Gasteiger partial charge in [-0.25, -0.2) is 4.39 Å². The van der Waals surface area contributed by atoms with E-state index in [-0.39, 0.29) is 18.3 Å². The van der Waals surface area contributed by atoms with Gasteiger partial charge in [-0.05, 0) is 55.8 Å². The second kappa shape index (κ2) is 11.4. The minimum absolute atomic E-state index is 0.00154. The number of carbonyl (C=O) groups is 1. The number of aliphatic hydroxyl groups is 1. The van der Waals surface area contributed by atoms with Crippen LogP contribution in [0.3, 0.4) is 0 Å². The van der Waals surface area contributed by atoms with Gasteiger partial charge in [0, 0.05) is 37.1 Å². The summed E-state index contributed by atoms with van der Waals surface area (Å²) >= 11 is 5.94. The molecule has 0 saturated carbocycles. The Morgan fingerprint density at radius 1 is 1.26 bits per heavy atom. The van der Waals surface area contributed by atoms with Crippen LogP contribution in [-0.4, -0.2) is 54.3 Å². The molecule has 8 heteroatoms. The molecule has 1 fully saturated rings. The van der Waals surface area contributed by atoms with Crippen LogP contribution in [0.25, 0.3) is 0 Å². The molecule has 0 spiro atoms. The van der Waals surface area contributed by atoms with Crippen molar-refractivity contribution in [3.63, 3.8) is 0 Å². The fourth-order valence-electron chi connectivity index (χ4n) is 3.60. The van der Waals surface area contributed by atoms with Crippen LogP contribution in [0.5, 0.6) is 5.75 Å². The summed E-state index contributed by atoms with van der Waals surface area (Å²) in [5, 5.41) is 17.0. The zero-order chi connectivity index (χ0) is 22.2. The molecule has 6 nitrogen and oxygen atoms in total. The van der Waals surface area contributed by atoms with Crippen molar-refractivity contribution in [3.05, 3.63) is 58.9 Å². The average molecular weight is 450 g/mol. The highest BCUT2D eigenvalue weighted by molar-refractivity contribution is 6.30. The number of benzene rings is 2. The highest BCUT2D eigenvalue weighted by Crippen LogP contribution is 2.25. The van der Waals surface area contributed by atoms with Crippen molar-refractivity contribution < 1.29 is 19.0 Å². The number of aliphatic hydroxyl groups excluding tert-OH is 1. The lowest BCUT2D eigenvalue weighted by atomic mass is 10.0. The molecule has 0 aliphatic carbocycles. The van der Waals surface area contributed by atoms with Crippen LogP contribution in [-0.2, 0) is 11.3 Å². The van der Waals surface area contributed by atoms with Crippen molar-refractivity contribution >= 4 is 23.2 Å². The van der Waals surface area contributed by atoms with Gasteiger partial charge in [-0.1, -0.05) is 23.7 Å². The Kier molecular flexibility index (Phi) is 8.66. The number of anilines is 1. The van der Waals surface area contributed by atoms with Gasteiger partial charge in [-0.3, -0.25) is 9.69 Å². The van der Waals surface area contributed by atoms with Crippen molar-refractivity contribution in [1.82, 2.24) is 10.2 Å². The SMILES string of the molecule is CC(=O)Nc1ccc(F)cc1OC[C@@H](O)CNC1CCN(Cc2ccc(Cl)cc2)CC1. The minimum atomic E-state index is -0.749. The molecule has 3 rings (SSSR count). The molecule has 1 aliphatic heterocycles. The lowest BCUT2D eigenvalue weighted by molar-refractivity contribution is -0.114. The summed E-state index contributed by atoms with van der Waals surface area (Å²) in [7, 11) is 0. The third-order valence-corrected chi connectivity index (χ3v) is 5.49. The number of nitrogens with one attached hydrogen (secondary N) is 2. The number of rotatable bonds is 9. The first-order valence-electron chi connectivity index (χ1n) is 10.5. The van der Waals surface area contributed by atoms with Gasteiger partial charge in [-0.2, -0.15) is 0 Å². The molecule has 1 aliphatic rings.